The molecule has 0 amide bonds. The number of aryl methyl sites for hydroxylation is 1. The van der Waals surface area contributed by atoms with E-state index in [9.17, 15) is 4.79 Å². The van der Waals surface area contributed by atoms with Gasteiger partial charge in [0.2, 0.25) is 0 Å². The van der Waals surface area contributed by atoms with Gasteiger partial charge in [-0.1, -0.05) is 0 Å². The summed E-state index contributed by atoms with van der Waals surface area (Å²) in [5.41, 5.74) is 0. The van der Waals surface area contributed by atoms with Crippen LogP contribution >= 0.6 is 11.3 Å². The lowest BCUT2D eigenvalue weighted by atomic mass is 10.3. The molecule has 6 heteroatoms. The summed E-state index contributed by atoms with van der Waals surface area (Å²) in [5.74, 6) is -0.772. The van der Waals surface area contributed by atoms with E-state index in [-0.39, 0.29) is 6.42 Å². The molecule has 0 unspecified atom stereocenters. The third kappa shape index (κ3) is 5.14. The van der Waals surface area contributed by atoms with Gasteiger partial charge in [-0.3, -0.25) is 4.79 Å². The van der Waals surface area contributed by atoms with Crippen LogP contribution in [0, 0.1) is 0 Å². The predicted molar refractivity (Wildman–Crippen MR) is 78.8 cm³/mol. The van der Waals surface area contributed by atoms with Crippen LogP contribution < -0.4 is 5.32 Å². The van der Waals surface area contributed by atoms with Crippen LogP contribution in [-0.2, 0) is 24.3 Å². The highest BCUT2D eigenvalue weighted by Crippen LogP contribution is 2.16. The number of hydrogen-bond donors (Lipinski definition) is 2. The second-order valence-corrected chi connectivity index (χ2v) is 5.88. The summed E-state index contributed by atoms with van der Waals surface area (Å²) in [6.07, 6.45) is 7.97. The number of hydrogen-bond acceptors (Lipinski definition) is 4. The molecule has 2 aromatic rings. The summed E-state index contributed by atoms with van der Waals surface area (Å²) in [6, 6.07) is 3.90. The van der Waals surface area contributed by atoms with E-state index >= 15 is 0 Å². The van der Waals surface area contributed by atoms with Crippen molar-refractivity contribution in [1.82, 2.24) is 14.9 Å². The van der Waals surface area contributed by atoms with E-state index in [1.165, 1.54) is 4.88 Å². The van der Waals surface area contributed by atoms with Gasteiger partial charge in [-0.05, 0) is 31.5 Å². The fourth-order valence-corrected chi connectivity index (χ4v) is 2.92. The molecule has 0 spiro atoms. The molecule has 2 N–H and O–H groups in total. The Morgan fingerprint density at radius 2 is 2.20 bits per heavy atom. The number of carboxylic acids is 1. The molecule has 108 valence electrons. The first-order valence-corrected chi connectivity index (χ1v) is 7.51. The topological polar surface area (TPSA) is 67.2 Å². The van der Waals surface area contributed by atoms with Crippen molar-refractivity contribution >= 4 is 17.3 Å². The molecule has 0 atom stereocenters. The van der Waals surface area contributed by atoms with Gasteiger partial charge in [0.05, 0.1) is 12.7 Å². The largest absolute Gasteiger partial charge is 0.481 e. The maximum Gasteiger partial charge on any atom is 0.308 e. The molecule has 2 aromatic heterocycles. The molecular weight excluding hydrogens is 274 g/mol. The Hall–Kier alpha value is -1.66. The molecule has 2 heterocycles. The summed E-state index contributed by atoms with van der Waals surface area (Å²) in [7, 11) is 0. The Morgan fingerprint density at radius 1 is 1.35 bits per heavy atom. The number of nitrogens with one attached hydrogen (secondary N) is 1. The number of rotatable bonds is 9. The van der Waals surface area contributed by atoms with Gasteiger partial charge in [-0.15, -0.1) is 11.3 Å². The SMILES string of the molecule is O=C(O)Cc1ccc(CNCCCCn2ccnc2)s1. The molecule has 2 rings (SSSR count). The van der Waals surface area contributed by atoms with Gasteiger partial charge in [-0.25, -0.2) is 4.98 Å². The van der Waals surface area contributed by atoms with Gasteiger partial charge in [0.25, 0.3) is 0 Å². The molecule has 0 aliphatic rings. The quantitative estimate of drug-likeness (QED) is 0.695. The van der Waals surface area contributed by atoms with E-state index in [1.54, 1.807) is 17.5 Å². The molecule has 0 aliphatic carbocycles. The van der Waals surface area contributed by atoms with Gasteiger partial charge in [0.15, 0.2) is 0 Å². The van der Waals surface area contributed by atoms with Crippen LogP contribution in [-0.4, -0.2) is 27.2 Å². The third-order valence-electron chi connectivity index (χ3n) is 2.92. The normalized spacial score (nSPS) is 10.8. The average Bonchev–Trinajstić information content (AvgIpc) is 3.04. The third-order valence-corrected chi connectivity index (χ3v) is 4.01. The Kier molecular flexibility index (Phi) is 5.76. The van der Waals surface area contributed by atoms with Crippen molar-refractivity contribution in [2.24, 2.45) is 0 Å². The molecule has 0 bridgehead atoms. The lowest BCUT2D eigenvalue weighted by Crippen LogP contribution is -2.14. The van der Waals surface area contributed by atoms with Crippen LogP contribution in [0.25, 0.3) is 0 Å². The number of carbonyl (C=O) groups is 1. The maximum atomic E-state index is 10.6. The summed E-state index contributed by atoms with van der Waals surface area (Å²) in [6.45, 7) is 2.79. The van der Waals surface area contributed by atoms with E-state index in [1.807, 2.05) is 24.7 Å². The zero-order valence-corrected chi connectivity index (χ0v) is 12.1. The van der Waals surface area contributed by atoms with Crippen LogP contribution in [0.15, 0.2) is 30.9 Å². The fraction of sp³-hybridized carbons (Fsp3) is 0.429. The zero-order chi connectivity index (χ0) is 14.2. The number of aromatic nitrogens is 2. The highest BCUT2D eigenvalue weighted by molar-refractivity contribution is 7.12. The summed E-state index contributed by atoms with van der Waals surface area (Å²) in [4.78, 5) is 16.7. The fourth-order valence-electron chi connectivity index (χ4n) is 1.94. The molecule has 0 fully saturated rings. The van der Waals surface area contributed by atoms with Crippen LogP contribution in [0.4, 0.5) is 0 Å². The summed E-state index contributed by atoms with van der Waals surface area (Å²) < 4.78 is 2.08. The molecule has 5 nitrogen and oxygen atoms in total. The molecule has 0 aliphatic heterocycles. The minimum absolute atomic E-state index is 0.121. The van der Waals surface area contributed by atoms with Crippen LogP contribution in [0.2, 0.25) is 0 Å². The molecule has 0 saturated carbocycles. The molecule has 0 radical (unpaired) electrons. The van der Waals surface area contributed by atoms with Gasteiger partial charge < -0.3 is 15.0 Å². The minimum Gasteiger partial charge on any atom is -0.481 e. The van der Waals surface area contributed by atoms with E-state index in [4.69, 9.17) is 5.11 Å². The van der Waals surface area contributed by atoms with E-state index in [2.05, 4.69) is 14.9 Å². The van der Waals surface area contributed by atoms with Crippen molar-refractivity contribution in [2.75, 3.05) is 6.54 Å². The highest BCUT2D eigenvalue weighted by Gasteiger charge is 2.04. The van der Waals surface area contributed by atoms with Crippen LogP contribution in [0.1, 0.15) is 22.6 Å². The van der Waals surface area contributed by atoms with Gasteiger partial charge in [0.1, 0.15) is 0 Å². The number of imidazole rings is 1. The van der Waals surface area contributed by atoms with Gasteiger partial charge in [-0.2, -0.15) is 0 Å². The number of nitrogens with zero attached hydrogens (tertiary/aromatic N) is 2. The summed E-state index contributed by atoms with van der Waals surface area (Å²) in [5, 5.41) is 12.1. The summed E-state index contributed by atoms with van der Waals surface area (Å²) >= 11 is 1.57. The highest BCUT2D eigenvalue weighted by atomic mass is 32.1. The van der Waals surface area contributed by atoms with Crippen molar-refractivity contribution in [3.63, 3.8) is 0 Å². The van der Waals surface area contributed by atoms with Crippen molar-refractivity contribution < 1.29 is 9.90 Å². The monoisotopic (exact) mass is 293 g/mol. The lowest BCUT2D eigenvalue weighted by molar-refractivity contribution is -0.136. The Balaban J connectivity index is 1.56. The standard InChI is InChI=1S/C14H19N3O2S/c18-14(19)9-12-3-4-13(20-12)10-15-5-1-2-7-17-8-6-16-11-17/h3-4,6,8,11,15H,1-2,5,7,9-10H2,(H,18,19). The predicted octanol–water partition coefficient (Wildman–Crippen LogP) is 2.14. The van der Waals surface area contributed by atoms with Gasteiger partial charge >= 0.3 is 5.97 Å². The first-order chi connectivity index (χ1) is 9.74. The second kappa shape index (κ2) is 7.81. The molecule has 0 aromatic carbocycles. The smallest absolute Gasteiger partial charge is 0.308 e. The van der Waals surface area contributed by atoms with Crippen molar-refractivity contribution in [2.45, 2.75) is 32.4 Å². The first-order valence-electron chi connectivity index (χ1n) is 6.70. The lowest BCUT2D eigenvalue weighted by Gasteiger charge is -2.04. The second-order valence-electron chi connectivity index (χ2n) is 4.62. The maximum absolute atomic E-state index is 10.6. The van der Waals surface area contributed by atoms with Gasteiger partial charge in [0, 0.05) is 35.2 Å². The van der Waals surface area contributed by atoms with E-state index in [0.29, 0.717) is 0 Å². The number of unbranched alkanes of at least 4 members (excludes halogenated alkanes) is 1. The van der Waals surface area contributed by atoms with Crippen LogP contribution in [0.5, 0.6) is 0 Å². The molecular formula is C14H19N3O2S. The van der Waals surface area contributed by atoms with Crippen molar-refractivity contribution in [3.05, 3.63) is 40.6 Å². The first kappa shape index (κ1) is 14.7. The average molecular weight is 293 g/mol. The number of thiophene rings is 1. The molecule has 0 saturated heterocycles. The number of aliphatic carboxylic acids is 1. The minimum atomic E-state index is -0.772. The van der Waals surface area contributed by atoms with Crippen LogP contribution in [0.3, 0.4) is 0 Å². The Labute approximate surface area is 122 Å². The van der Waals surface area contributed by atoms with Crippen molar-refractivity contribution in [1.29, 1.82) is 0 Å². The number of carboxylic acid groups (broad SMARTS) is 1. The van der Waals surface area contributed by atoms with E-state index < -0.39 is 5.97 Å². The Bertz CT molecular complexity index is 522. The Morgan fingerprint density at radius 3 is 2.95 bits per heavy atom. The van der Waals surface area contributed by atoms with E-state index in [0.717, 1.165) is 37.4 Å². The zero-order valence-electron chi connectivity index (χ0n) is 11.3. The molecule has 20 heavy (non-hydrogen) atoms. The van der Waals surface area contributed by atoms with Crippen molar-refractivity contribution in [3.8, 4) is 0 Å².